The minimum atomic E-state index is -0.0231. The Bertz CT molecular complexity index is 702. The van der Waals surface area contributed by atoms with Gasteiger partial charge in [-0.15, -0.1) is 0 Å². The lowest BCUT2D eigenvalue weighted by Gasteiger charge is -2.11. The first-order chi connectivity index (χ1) is 10.1. The maximum atomic E-state index is 11.0. The third-order valence-electron chi connectivity index (χ3n) is 3.23. The molecule has 1 amide bonds. The van der Waals surface area contributed by atoms with Crippen LogP contribution in [0, 0.1) is 18.3 Å². The van der Waals surface area contributed by atoms with Crippen LogP contribution < -0.4 is 10.1 Å². The van der Waals surface area contributed by atoms with Crippen molar-refractivity contribution in [2.75, 3.05) is 13.2 Å². The van der Waals surface area contributed by atoms with Gasteiger partial charge in [-0.3, -0.25) is 4.79 Å². The van der Waals surface area contributed by atoms with E-state index in [1.807, 2.05) is 24.3 Å². The van der Waals surface area contributed by atoms with E-state index in [1.165, 1.54) is 18.1 Å². The maximum Gasteiger partial charge on any atom is 0.216 e. The Morgan fingerprint density at radius 2 is 2.14 bits per heavy atom. The number of carbonyl (C=O) groups is 1. The first kappa shape index (κ1) is 14.9. The molecule has 0 aromatic heterocycles. The van der Waals surface area contributed by atoms with Gasteiger partial charge in [-0.25, -0.2) is 0 Å². The molecular weight excluding hydrogens is 264 g/mol. The zero-order valence-corrected chi connectivity index (χ0v) is 12.3. The van der Waals surface area contributed by atoms with Gasteiger partial charge < -0.3 is 10.1 Å². The first-order valence-corrected chi connectivity index (χ1v) is 6.87. The molecule has 0 bridgehead atoms. The zero-order valence-electron chi connectivity index (χ0n) is 12.3. The van der Waals surface area contributed by atoms with Crippen LogP contribution >= 0.6 is 0 Å². The van der Waals surface area contributed by atoms with Crippen molar-refractivity contribution in [1.29, 1.82) is 5.26 Å². The molecule has 0 aliphatic carbocycles. The van der Waals surface area contributed by atoms with Gasteiger partial charge in [0.05, 0.1) is 0 Å². The van der Waals surface area contributed by atoms with Crippen LogP contribution in [0.1, 0.15) is 18.1 Å². The van der Waals surface area contributed by atoms with Gasteiger partial charge in [0.1, 0.15) is 11.8 Å². The molecule has 0 saturated heterocycles. The molecule has 0 aliphatic rings. The first-order valence-electron chi connectivity index (χ1n) is 6.87. The minimum Gasteiger partial charge on any atom is -0.479 e. The Morgan fingerprint density at radius 3 is 2.86 bits per heavy atom. The van der Waals surface area contributed by atoms with Gasteiger partial charge in [0.25, 0.3) is 0 Å². The van der Waals surface area contributed by atoms with Crippen molar-refractivity contribution in [1.82, 2.24) is 5.32 Å². The van der Waals surface area contributed by atoms with E-state index in [-0.39, 0.29) is 12.5 Å². The normalized spacial score (nSPS) is 10.1. The van der Waals surface area contributed by atoms with Gasteiger partial charge in [-0.05, 0) is 41.8 Å². The number of benzene rings is 2. The van der Waals surface area contributed by atoms with Crippen LogP contribution in [0.5, 0.6) is 5.75 Å². The van der Waals surface area contributed by atoms with Crippen molar-refractivity contribution in [3.05, 3.63) is 41.5 Å². The highest BCUT2D eigenvalue weighted by Gasteiger charge is 2.05. The van der Waals surface area contributed by atoms with E-state index >= 15 is 0 Å². The number of carbonyl (C=O) groups excluding carboxylic acids is 1. The van der Waals surface area contributed by atoms with Crippen LogP contribution in [0.25, 0.3) is 10.8 Å². The van der Waals surface area contributed by atoms with E-state index in [1.54, 1.807) is 0 Å². The lowest BCUT2D eigenvalue weighted by molar-refractivity contribution is -0.118. The average molecular weight is 282 g/mol. The summed E-state index contributed by atoms with van der Waals surface area (Å²) in [6.45, 7) is 4.22. The third-order valence-corrected chi connectivity index (χ3v) is 3.23. The van der Waals surface area contributed by atoms with E-state index in [2.05, 4.69) is 24.4 Å². The van der Waals surface area contributed by atoms with E-state index in [9.17, 15) is 4.79 Å². The Kier molecular flexibility index (Phi) is 4.78. The van der Waals surface area contributed by atoms with Crippen LogP contribution in [0.4, 0.5) is 0 Å². The second-order valence-electron chi connectivity index (χ2n) is 4.99. The van der Waals surface area contributed by atoms with Crippen molar-refractivity contribution >= 4 is 16.7 Å². The van der Waals surface area contributed by atoms with E-state index in [0.717, 1.165) is 17.2 Å². The second kappa shape index (κ2) is 6.76. The number of aryl methyl sites for hydroxylation is 1. The molecule has 0 fully saturated rings. The number of nitrogens with one attached hydrogen (secondary N) is 1. The van der Waals surface area contributed by atoms with Gasteiger partial charge in [0, 0.05) is 13.5 Å². The summed E-state index contributed by atoms with van der Waals surface area (Å²) in [6, 6.07) is 12.0. The predicted molar refractivity (Wildman–Crippen MR) is 82.2 cm³/mol. The van der Waals surface area contributed by atoms with Crippen LogP contribution in [0.3, 0.4) is 0 Å². The summed E-state index contributed by atoms with van der Waals surface area (Å²) in [5.74, 6) is 0.665. The number of hydrogen-bond donors (Lipinski definition) is 1. The molecule has 0 spiro atoms. The molecule has 21 heavy (non-hydrogen) atoms. The van der Waals surface area contributed by atoms with Crippen molar-refractivity contribution in [2.24, 2.45) is 0 Å². The van der Waals surface area contributed by atoms with Crippen LogP contribution in [0.2, 0.25) is 0 Å². The molecule has 4 nitrogen and oxygen atoms in total. The van der Waals surface area contributed by atoms with Gasteiger partial charge in [-0.2, -0.15) is 5.26 Å². The molecule has 2 aromatic rings. The molecule has 0 heterocycles. The molecule has 0 unspecified atom stereocenters. The molecule has 4 heteroatoms. The molecule has 108 valence electrons. The molecule has 0 saturated carbocycles. The molecular formula is C17H18N2O2. The van der Waals surface area contributed by atoms with E-state index in [0.29, 0.717) is 12.3 Å². The van der Waals surface area contributed by atoms with E-state index in [4.69, 9.17) is 10.00 Å². The lowest BCUT2D eigenvalue weighted by Crippen LogP contribution is -2.22. The summed E-state index contributed by atoms with van der Waals surface area (Å²) in [5.41, 5.74) is 2.35. The molecule has 0 atom stereocenters. The SMILES string of the molecule is CC(=O)NCCc1cc(C)cc2ccc(OCC#N)cc12. The third kappa shape index (κ3) is 3.96. The summed E-state index contributed by atoms with van der Waals surface area (Å²) in [7, 11) is 0. The van der Waals surface area contributed by atoms with Gasteiger partial charge in [-0.1, -0.05) is 23.8 Å². The van der Waals surface area contributed by atoms with Crippen LogP contribution in [0.15, 0.2) is 30.3 Å². The Hall–Kier alpha value is -2.54. The van der Waals surface area contributed by atoms with Gasteiger partial charge >= 0.3 is 0 Å². The molecule has 0 aliphatic heterocycles. The summed E-state index contributed by atoms with van der Waals surface area (Å²) < 4.78 is 5.36. The molecule has 0 radical (unpaired) electrons. The highest BCUT2D eigenvalue weighted by atomic mass is 16.5. The quantitative estimate of drug-likeness (QED) is 0.917. The lowest BCUT2D eigenvalue weighted by atomic mass is 9.99. The van der Waals surface area contributed by atoms with E-state index < -0.39 is 0 Å². The highest BCUT2D eigenvalue weighted by molar-refractivity contribution is 5.88. The maximum absolute atomic E-state index is 11.0. The second-order valence-corrected chi connectivity index (χ2v) is 4.99. The average Bonchev–Trinajstić information content (AvgIpc) is 2.44. The topological polar surface area (TPSA) is 62.1 Å². The standard InChI is InChI=1S/C17H18N2O2/c1-12-9-14-3-4-16(21-8-6-18)11-17(14)15(10-12)5-7-19-13(2)20/h3-4,9-11H,5,7-8H2,1-2H3,(H,19,20). The van der Waals surface area contributed by atoms with Crippen molar-refractivity contribution in [3.63, 3.8) is 0 Å². The Morgan fingerprint density at radius 1 is 1.33 bits per heavy atom. The van der Waals surface area contributed by atoms with Crippen LogP contribution in [-0.4, -0.2) is 19.1 Å². The number of nitriles is 1. The number of hydrogen-bond acceptors (Lipinski definition) is 3. The fraction of sp³-hybridized carbons (Fsp3) is 0.294. The Labute approximate surface area is 124 Å². The van der Waals surface area contributed by atoms with Gasteiger partial charge in [0.15, 0.2) is 6.61 Å². The summed E-state index contributed by atoms with van der Waals surface area (Å²) in [4.78, 5) is 11.0. The van der Waals surface area contributed by atoms with Gasteiger partial charge in [0.2, 0.25) is 5.91 Å². The molecule has 2 rings (SSSR count). The number of rotatable bonds is 5. The minimum absolute atomic E-state index is 0.0231. The number of nitrogens with zero attached hydrogens (tertiary/aromatic N) is 1. The fourth-order valence-corrected chi connectivity index (χ4v) is 2.36. The summed E-state index contributed by atoms with van der Waals surface area (Å²) >= 11 is 0. The van der Waals surface area contributed by atoms with Crippen molar-refractivity contribution in [3.8, 4) is 11.8 Å². The monoisotopic (exact) mass is 282 g/mol. The Balaban J connectivity index is 2.32. The molecule has 2 aromatic carbocycles. The largest absolute Gasteiger partial charge is 0.479 e. The predicted octanol–water partition coefficient (Wildman–Crippen LogP) is 2.73. The molecule has 1 N–H and O–H groups in total. The number of amides is 1. The zero-order chi connectivity index (χ0) is 15.2. The van der Waals surface area contributed by atoms with Crippen molar-refractivity contribution < 1.29 is 9.53 Å². The van der Waals surface area contributed by atoms with Crippen LogP contribution in [-0.2, 0) is 11.2 Å². The summed E-state index contributed by atoms with van der Waals surface area (Å²) in [5, 5.41) is 13.6. The van der Waals surface area contributed by atoms with Crippen molar-refractivity contribution in [2.45, 2.75) is 20.3 Å². The smallest absolute Gasteiger partial charge is 0.216 e. The summed E-state index contributed by atoms with van der Waals surface area (Å²) in [6.07, 6.45) is 0.763. The fourth-order valence-electron chi connectivity index (χ4n) is 2.36. The number of fused-ring (bicyclic) bond motifs is 1. The highest BCUT2D eigenvalue weighted by Crippen LogP contribution is 2.26. The number of ether oxygens (including phenoxy) is 1.